The van der Waals surface area contributed by atoms with Crippen LogP contribution < -0.4 is 20.1 Å². The molecule has 2 saturated carbocycles. The van der Waals surface area contributed by atoms with Crippen LogP contribution in [0.15, 0.2) is 12.1 Å². The van der Waals surface area contributed by atoms with Gasteiger partial charge in [-0.05, 0) is 37.8 Å². The lowest BCUT2D eigenvalue weighted by Crippen LogP contribution is -2.37. The van der Waals surface area contributed by atoms with Crippen LogP contribution in [-0.2, 0) is 12.4 Å². The summed E-state index contributed by atoms with van der Waals surface area (Å²) in [5.74, 6) is -6.13. The van der Waals surface area contributed by atoms with Crippen LogP contribution >= 0.6 is 0 Å². The highest BCUT2D eigenvalue weighted by Gasteiger charge is 2.45. The third-order valence-electron chi connectivity index (χ3n) is 8.21. The molecule has 14 nitrogen and oxygen atoms in total. The fraction of sp³-hybridized carbons (Fsp3) is 0.533. The third-order valence-corrected chi connectivity index (χ3v) is 8.21. The number of benzene rings is 2. The summed E-state index contributed by atoms with van der Waals surface area (Å²) >= 11 is 0. The number of amides is 2. The average Bonchev–Trinajstić information content (AvgIpc) is 3.04. The van der Waals surface area contributed by atoms with Crippen molar-refractivity contribution in [3.63, 3.8) is 0 Å². The number of hydrogen-bond acceptors (Lipinski definition) is 10. The van der Waals surface area contributed by atoms with Gasteiger partial charge in [0.1, 0.15) is 11.1 Å². The second kappa shape index (κ2) is 16.1. The van der Waals surface area contributed by atoms with Gasteiger partial charge in [-0.25, -0.2) is 0 Å². The highest BCUT2D eigenvalue weighted by atomic mass is 19.4. The van der Waals surface area contributed by atoms with Gasteiger partial charge in [0.2, 0.25) is 11.5 Å². The molecule has 0 radical (unpaired) electrons. The highest BCUT2D eigenvalue weighted by molar-refractivity contribution is 6.02. The van der Waals surface area contributed by atoms with E-state index in [0.29, 0.717) is 31.7 Å². The van der Waals surface area contributed by atoms with Crippen molar-refractivity contribution in [2.75, 3.05) is 14.2 Å². The SMILES string of the molecule is COc1cc(C(F)(F)F)c(C(=O)NC2CCCCC2)c([N+](=O)[O-])c1OC.O=C(NC1CCCCC1)c1c(C(F)(F)F)cc(O)c(O)c1[N+](=O)[O-]. The Hall–Kier alpha value is -5.04. The predicted octanol–water partition coefficient (Wildman–Crippen LogP) is 6.78. The van der Waals surface area contributed by atoms with Crippen LogP contribution in [0.1, 0.15) is 96.1 Å². The Morgan fingerprint density at radius 3 is 1.48 bits per heavy atom. The van der Waals surface area contributed by atoms with Crippen LogP contribution in [0.2, 0.25) is 0 Å². The van der Waals surface area contributed by atoms with Gasteiger partial charge in [-0.1, -0.05) is 38.5 Å². The first-order valence-corrected chi connectivity index (χ1v) is 15.3. The van der Waals surface area contributed by atoms with Crippen molar-refractivity contribution in [3.05, 3.63) is 54.6 Å². The van der Waals surface area contributed by atoms with E-state index in [0.717, 1.165) is 52.7 Å². The topological polar surface area (TPSA) is 203 Å². The predicted molar refractivity (Wildman–Crippen MR) is 161 cm³/mol. The summed E-state index contributed by atoms with van der Waals surface area (Å²) in [6.07, 6.45) is -2.55. The molecule has 0 aliphatic heterocycles. The quantitative estimate of drug-likeness (QED) is 0.0972. The fourth-order valence-electron chi connectivity index (χ4n) is 5.89. The van der Waals surface area contributed by atoms with Crippen LogP contribution in [0.5, 0.6) is 23.0 Å². The first-order valence-electron chi connectivity index (χ1n) is 15.3. The Kier molecular flexibility index (Phi) is 12.7. The lowest BCUT2D eigenvalue weighted by Gasteiger charge is -2.24. The first-order chi connectivity index (χ1) is 23.3. The first kappa shape index (κ1) is 39.4. The molecule has 0 unspecified atom stereocenters. The Balaban J connectivity index is 0.000000271. The maximum atomic E-state index is 13.5. The Morgan fingerprint density at radius 1 is 0.720 bits per heavy atom. The third kappa shape index (κ3) is 9.14. The van der Waals surface area contributed by atoms with Crippen LogP contribution in [-0.4, -0.2) is 58.2 Å². The van der Waals surface area contributed by atoms with Crippen molar-refractivity contribution in [1.82, 2.24) is 10.6 Å². The number of hydrogen-bond donors (Lipinski definition) is 4. The summed E-state index contributed by atoms with van der Waals surface area (Å²) in [6.45, 7) is 0. The van der Waals surface area contributed by atoms with Crippen LogP contribution in [0, 0.1) is 20.2 Å². The van der Waals surface area contributed by atoms with Gasteiger partial charge in [0.15, 0.2) is 11.5 Å². The van der Waals surface area contributed by atoms with Crippen molar-refractivity contribution in [3.8, 4) is 23.0 Å². The van der Waals surface area contributed by atoms with Crippen molar-refractivity contribution < 1.29 is 65.5 Å². The minimum atomic E-state index is -5.12. The molecule has 2 aromatic carbocycles. The number of phenols is 2. The van der Waals surface area contributed by atoms with E-state index in [1.54, 1.807) is 0 Å². The summed E-state index contributed by atoms with van der Waals surface area (Å²) in [5, 5.41) is 46.3. The summed E-state index contributed by atoms with van der Waals surface area (Å²) in [6, 6.07) is -0.0485. The second-order valence-electron chi connectivity index (χ2n) is 11.5. The number of carbonyl (C=O) groups is 2. The standard InChI is InChI=1S/C16H19F3N2O5.C14H15F3N2O5/c1-25-11-8-10(16(17,18)19)12(13(21(23)24)14(11)26-2)15(22)20-9-6-4-3-5-7-9;15-14(16,17)8-6-9(20)12(21)11(19(23)24)10(8)13(22)18-7-4-2-1-3-5-7/h8-9H,3-7H2,1-2H3,(H,20,22);6-7,20-21H,1-5H2,(H,18,22). The number of nitro benzene ring substituents is 2. The molecule has 2 amide bonds. The van der Waals surface area contributed by atoms with E-state index < -0.39 is 90.6 Å². The van der Waals surface area contributed by atoms with Gasteiger partial charge in [0.05, 0.1) is 35.2 Å². The molecular formula is C30H34F6N4O10. The molecule has 0 spiro atoms. The molecule has 2 aliphatic rings. The van der Waals surface area contributed by atoms with Crippen molar-refractivity contribution in [2.24, 2.45) is 0 Å². The molecule has 276 valence electrons. The van der Waals surface area contributed by atoms with E-state index in [-0.39, 0.29) is 18.2 Å². The van der Waals surface area contributed by atoms with Crippen LogP contribution in [0.25, 0.3) is 0 Å². The van der Waals surface area contributed by atoms with Gasteiger partial charge in [0.25, 0.3) is 11.8 Å². The number of aromatic hydroxyl groups is 2. The summed E-state index contributed by atoms with van der Waals surface area (Å²) in [7, 11) is 2.12. The van der Waals surface area contributed by atoms with Crippen molar-refractivity contribution in [2.45, 2.75) is 88.6 Å². The number of nitrogens with zero attached hydrogens (tertiary/aromatic N) is 2. The van der Waals surface area contributed by atoms with E-state index >= 15 is 0 Å². The molecule has 0 aromatic heterocycles. The monoisotopic (exact) mass is 724 g/mol. The van der Waals surface area contributed by atoms with Gasteiger partial charge in [-0.15, -0.1) is 0 Å². The average molecular weight is 725 g/mol. The van der Waals surface area contributed by atoms with Gasteiger partial charge in [-0.2, -0.15) is 26.3 Å². The lowest BCUT2D eigenvalue weighted by molar-refractivity contribution is -0.386. The number of rotatable bonds is 8. The van der Waals surface area contributed by atoms with Crippen LogP contribution in [0.3, 0.4) is 0 Å². The molecule has 4 rings (SSSR count). The summed E-state index contributed by atoms with van der Waals surface area (Å²) in [4.78, 5) is 45.0. The fourth-order valence-corrected chi connectivity index (χ4v) is 5.89. The van der Waals surface area contributed by atoms with Gasteiger partial charge in [-0.3, -0.25) is 29.8 Å². The van der Waals surface area contributed by atoms with Gasteiger partial charge >= 0.3 is 23.7 Å². The number of carbonyl (C=O) groups excluding carboxylic acids is 2. The summed E-state index contributed by atoms with van der Waals surface area (Å²) < 4.78 is 89.5. The molecule has 20 heteroatoms. The van der Waals surface area contributed by atoms with E-state index in [1.165, 1.54) is 0 Å². The molecule has 2 fully saturated rings. The van der Waals surface area contributed by atoms with E-state index in [2.05, 4.69) is 10.6 Å². The zero-order valence-electron chi connectivity index (χ0n) is 26.7. The molecule has 0 heterocycles. The normalized spacial score (nSPS) is 15.7. The zero-order chi connectivity index (χ0) is 37.6. The highest BCUT2D eigenvalue weighted by Crippen LogP contribution is 2.47. The molecule has 2 aromatic rings. The zero-order valence-corrected chi connectivity index (χ0v) is 26.7. The number of phenolic OH excluding ortho intramolecular Hbond substituents is 2. The van der Waals surface area contributed by atoms with Crippen molar-refractivity contribution in [1.29, 1.82) is 0 Å². The molecule has 4 N–H and O–H groups in total. The Morgan fingerprint density at radius 2 is 1.12 bits per heavy atom. The number of halogens is 6. The number of methoxy groups -OCH3 is 2. The number of alkyl halides is 6. The molecule has 0 atom stereocenters. The maximum Gasteiger partial charge on any atom is 0.417 e. The molecule has 50 heavy (non-hydrogen) atoms. The largest absolute Gasteiger partial charge is 0.504 e. The maximum absolute atomic E-state index is 13.5. The Bertz CT molecular complexity index is 1600. The minimum Gasteiger partial charge on any atom is -0.504 e. The summed E-state index contributed by atoms with van der Waals surface area (Å²) in [5.41, 5.74) is -7.99. The molecule has 0 bridgehead atoms. The lowest BCUT2D eigenvalue weighted by atomic mass is 9.94. The minimum absolute atomic E-state index is 0.109. The number of nitrogens with one attached hydrogen (secondary N) is 2. The smallest absolute Gasteiger partial charge is 0.417 e. The van der Waals surface area contributed by atoms with E-state index in [1.807, 2.05) is 0 Å². The second-order valence-corrected chi connectivity index (χ2v) is 11.5. The molecular weight excluding hydrogens is 690 g/mol. The van der Waals surface area contributed by atoms with Gasteiger partial charge in [0, 0.05) is 12.1 Å². The number of ether oxygens (including phenoxy) is 2. The Labute approximate surface area is 280 Å². The van der Waals surface area contributed by atoms with Crippen LogP contribution in [0.4, 0.5) is 37.7 Å². The van der Waals surface area contributed by atoms with Crippen molar-refractivity contribution >= 4 is 23.2 Å². The van der Waals surface area contributed by atoms with Gasteiger partial charge < -0.3 is 30.3 Å². The molecule has 2 aliphatic carbocycles. The number of nitro groups is 2. The molecule has 0 saturated heterocycles. The van der Waals surface area contributed by atoms with E-state index in [9.17, 15) is 66.4 Å². The van der Waals surface area contributed by atoms with E-state index in [4.69, 9.17) is 9.47 Å².